The van der Waals surface area contributed by atoms with Crippen molar-refractivity contribution in [3.05, 3.63) is 65.5 Å². The molecule has 128 valence electrons. The third kappa shape index (κ3) is 3.14. The van der Waals surface area contributed by atoms with E-state index in [1.54, 1.807) is 11.0 Å². The minimum Gasteiger partial charge on any atom is -0.349 e. The van der Waals surface area contributed by atoms with Gasteiger partial charge in [0.05, 0.1) is 5.56 Å². The summed E-state index contributed by atoms with van der Waals surface area (Å²) in [6.45, 7) is 0.615. The van der Waals surface area contributed by atoms with Crippen LogP contribution in [-0.4, -0.2) is 24.4 Å². The van der Waals surface area contributed by atoms with Crippen LogP contribution in [0.4, 0.5) is 10.1 Å². The molecule has 2 fully saturated rings. The molecular weight excluding hydrogens is 319 g/mol. The Morgan fingerprint density at radius 3 is 2.68 bits per heavy atom. The molecule has 1 saturated carbocycles. The van der Waals surface area contributed by atoms with Crippen molar-refractivity contribution >= 4 is 17.5 Å². The second-order valence-corrected chi connectivity index (χ2v) is 6.65. The maximum Gasteiger partial charge on any atom is 0.254 e. The molecule has 2 unspecified atom stereocenters. The molecule has 1 aliphatic heterocycles. The third-order valence-corrected chi connectivity index (χ3v) is 4.91. The molecule has 1 aliphatic carbocycles. The Morgan fingerprint density at radius 1 is 1.16 bits per heavy atom. The number of hydrogen-bond acceptors (Lipinski definition) is 2. The van der Waals surface area contributed by atoms with E-state index in [0.717, 1.165) is 12.8 Å². The molecule has 25 heavy (non-hydrogen) atoms. The molecule has 2 aromatic carbocycles. The van der Waals surface area contributed by atoms with Crippen LogP contribution >= 0.6 is 0 Å². The van der Waals surface area contributed by atoms with Crippen LogP contribution in [0.1, 0.15) is 41.1 Å². The summed E-state index contributed by atoms with van der Waals surface area (Å²) in [5.74, 6) is -0.680. The summed E-state index contributed by atoms with van der Waals surface area (Å²) in [7, 11) is 0. The standard InChI is InChI=1S/C20H19FN2O2/c21-17-9-8-14(23-10-4-7-19(23)24)11-16(17)20(25)22-18-12-15(18)13-5-2-1-3-6-13/h1-3,5-6,8-9,11,15,18H,4,7,10,12H2,(H,22,25). The van der Waals surface area contributed by atoms with E-state index in [-0.39, 0.29) is 23.4 Å². The van der Waals surface area contributed by atoms with Gasteiger partial charge < -0.3 is 10.2 Å². The fourth-order valence-electron chi connectivity index (χ4n) is 3.45. The van der Waals surface area contributed by atoms with Crippen LogP contribution in [0.15, 0.2) is 48.5 Å². The fraction of sp³-hybridized carbons (Fsp3) is 0.300. The summed E-state index contributed by atoms with van der Waals surface area (Å²) in [6, 6.07) is 14.3. The minimum atomic E-state index is -0.565. The summed E-state index contributed by atoms with van der Waals surface area (Å²) in [5, 5.41) is 2.91. The highest BCUT2D eigenvalue weighted by Gasteiger charge is 2.39. The minimum absolute atomic E-state index is 0.00379. The summed E-state index contributed by atoms with van der Waals surface area (Å²) in [5.41, 5.74) is 1.77. The second-order valence-electron chi connectivity index (χ2n) is 6.65. The highest BCUT2D eigenvalue weighted by molar-refractivity contribution is 5.99. The largest absolute Gasteiger partial charge is 0.349 e. The number of carbonyl (C=O) groups excluding carboxylic acids is 2. The van der Waals surface area contributed by atoms with Crippen molar-refractivity contribution < 1.29 is 14.0 Å². The Bertz CT molecular complexity index is 822. The molecule has 1 saturated heterocycles. The van der Waals surface area contributed by atoms with Gasteiger partial charge in [-0.1, -0.05) is 30.3 Å². The Kier molecular flexibility index (Phi) is 3.99. The molecule has 1 N–H and O–H groups in total. The molecule has 2 aliphatic rings. The first-order chi connectivity index (χ1) is 12.1. The van der Waals surface area contributed by atoms with E-state index >= 15 is 0 Å². The number of benzene rings is 2. The van der Waals surface area contributed by atoms with Crippen LogP contribution in [-0.2, 0) is 4.79 Å². The normalized spacial score (nSPS) is 22.1. The number of carbonyl (C=O) groups is 2. The van der Waals surface area contributed by atoms with Gasteiger partial charge in [0.25, 0.3) is 5.91 Å². The summed E-state index contributed by atoms with van der Waals surface area (Å²) < 4.78 is 14.1. The average molecular weight is 338 g/mol. The lowest BCUT2D eigenvalue weighted by Crippen LogP contribution is -2.28. The molecule has 2 aromatic rings. The van der Waals surface area contributed by atoms with Crippen LogP contribution in [0.25, 0.3) is 0 Å². The predicted molar refractivity (Wildman–Crippen MR) is 93.0 cm³/mol. The van der Waals surface area contributed by atoms with Crippen molar-refractivity contribution in [1.29, 1.82) is 0 Å². The van der Waals surface area contributed by atoms with E-state index in [2.05, 4.69) is 5.32 Å². The molecule has 1 heterocycles. The molecule has 2 amide bonds. The smallest absolute Gasteiger partial charge is 0.254 e. The van der Waals surface area contributed by atoms with Gasteiger partial charge in [0.1, 0.15) is 5.82 Å². The van der Waals surface area contributed by atoms with E-state index in [1.807, 2.05) is 30.3 Å². The van der Waals surface area contributed by atoms with Crippen molar-refractivity contribution in [2.75, 3.05) is 11.4 Å². The lowest BCUT2D eigenvalue weighted by atomic mass is 10.1. The number of nitrogens with zero attached hydrogens (tertiary/aromatic N) is 1. The van der Waals surface area contributed by atoms with Gasteiger partial charge in [-0.25, -0.2) is 4.39 Å². The molecule has 0 aromatic heterocycles. The lowest BCUT2D eigenvalue weighted by molar-refractivity contribution is -0.117. The second kappa shape index (κ2) is 6.31. The quantitative estimate of drug-likeness (QED) is 0.930. The molecule has 0 radical (unpaired) electrons. The highest BCUT2D eigenvalue weighted by Crippen LogP contribution is 2.40. The van der Waals surface area contributed by atoms with Crippen LogP contribution in [0.2, 0.25) is 0 Å². The highest BCUT2D eigenvalue weighted by atomic mass is 19.1. The molecule has 0 bridgehead atoms. The lowest BCUT2D eigenvalue weighted by Gasteiger charge is -2.17. The van der Waals surface area contributed by atoms with Gasteiger partial charge in [-0.05, 0) is 36.6 Å². The molecule has 2 atom stereocenters. The monoisotopic (exact) mass is 338 g/mol. The number of anilines is 1. The first kappa shape index (κ1) is 15.8. The number of hydrogen-bond donors (Lipinski definition) is 1. The topological polar surface area (TPSA) is 49.4 Å². The Morgan fingerprint density at radius 2 is 1.96 bits per heavy atom. The van der Waals surface area contributed by atoms with E-state index < -0.39 is 11.7 Å². The van der Waals surface area contributed by atoms with Crippen LogP contribution < -0.4 is 10.2 Å². The zero-order chi connectivity index (χ0) is 17.4. The molecule has 5 heteroatoms. The predicted octanol–water partition coefficient (Wildman–Crippen LogP) is 3.24. The van der Waals surface area contributed by atoms with Crippen LogP contribution in [0, 0.1) is 5.82 Å². The van der Waals surface area contributed by atoms with Gasteiger partial charge in [-0.2, -0.15) is 0 Å². The van der Waals surface area contributed by atoms with Gasteiger partial charge in [-0.15, -0.1) is 0 Å². The van der Waals surface area contributed by atoms with E-state index in [4.69, 9.17) is 0 Å². The number of nitrogens with one attached hydrogen (secondary N) is 1. The van der Waals surface area contributed by atoms with Crippen molar-refractivity contribution in [1.82, 2.24) is 5.32 Å². The fourth-order valence-corrected chi connectivity index (χ4v) is 3.45. The average Bonchev–Trinajstić information content (AvgIpc) is 3.26. The van der Waals surface area contributed by atoms with E-state index in [0.29, 0.717) is 18.7 Å². The van der Waals surface area contributed by atoms with Gasteiger partial charge >= 0.3 is 0 Å². The van der Waals surface area contributed by atoms with Crippen molar-refractivity contribution in [3.8, 4) is 0 Å². The van der Waals surface area contributed by atoms with Crippen molar-refractivity contribution in [2.24, 2.45) is 0 Å². The third-order valence-electron chi connectivity index (χ3n) is 4.91. The maximum atomic E-state index is 14.1. The Labute approximate surface area is 145 Å². The first-order valence-electron chi connectivity index (χ1n) is 8.59. The summed E-state index contributed by atoms with van der Waals surface area (Å²) >= 11 is 0. The Hall–Kier alpha value is -2.69. The molecule has 4 rings (SSSR count). The van der Waals surface area contributed by atoms with Crippen molar-refractivity contribution in [3.63, 3.8) is 0 Å². The van der Waals surface area contributed by atoms with Gasteiger partial charge in [-0.3, -0.25) is 9.59 Å². The van der Waals surface area contributed by atoms with Crippen LogP contribution in [0.3, 0.4) is 0 Å². The molecule has 0 spiro atoms. The first-order valence-corrected chi connectivity index (χ1v) is 8.59. The summed E-state index contributed by atoms with van der Waals surface area (Å²) in [6.07, 6.45) is 2.15. The van der Waals surface area contributed by atoms with Gasteiger partial charge in [0.2, 0.25) is 5.91 Å². The van der Waals surface area contributed by atoms with E-state index in [1.165, 1.54) is 17.7 Å². The van der Waals surface area contributed by atoms with Crippen molar-refractivity contribution in [2.45, 2.75) is 31.2 Å². The molecule has 4 nitrogen and oxygen atoms in total. The Balaban J connectivity index is 1.48. The maximum absolute atomic E-state index is 14.1. The van der Waals surface area contributed by atoms with Crippen LogP contribution in [0.5, 0.6) is 0 Å². The van der Waals surface area contributed by atoms with Gasteiger partial charge in [0, 0.05) is 30.6 Å². The van der Waals surface area contributed by atoms with E-state index in [9.17, 15) is 14.0 Å². The summed E-state index contributed by atoms with van der Waals surface area (Å²) in [4.78, 5) is 26.0. The number of amides is 2. The zero-order valence-corrected chi connectivity index (χ0v) is 13.7. The zero-order valence-electron chi connectivity index (χ0n) is 13.7. The SMILES string of the molecule is O=C(NC1CC1c1ccccc1)c1cc(N2CCCC2=O)ccc1F. The molecular formula is C20H19FN2O2. The number of rotatable bonds is 4. The number of halogens is 1. The van der Waals surface area contributed by atoms with Gasteiger partial charge in [0.15, 0.2) is 0 Å².